The first-order valence-electron chi connectivity index (χ1n) is 21.0. The fraction of sp³-hybridized carbons (Fsp3) is 0.0345. The molecule has 1 aliphatic rings. The number of para-hydroxylation sites is 2. The average molecular weight is 782 g/mol. The Kier molecular flexibility index (Phi) is 8.31. The molecule has 0 unspecified atom stereocenters. The molecule has 0 saturated heterocycles. The van der Waals surface area contributed by atoms with Crippen LogP contribution in [0.1, 0.15) is 18.4 Å². The van der Waals surface area contributed by atoms with Gasteiger partial charge in [0.1, 0.15) is 22.3 Å². The van der Waals surface area contributed by atoms with E-state index in [-0.39, 0.29) is 0 Å². The van der Waals surface area contributed by atoms with Gasteiger partial charge in [0.15, 0.2) is 0 Å². The third kappa shape index (κ3) is 5.97. The molecule has 0 fully saturated rings. The van der Waals surface area contributed by atoms with Crippen molar-refractivity contribution in [2.75, 3.05) is 4.90 Å². The second-order valence-electron chi connectivity index (χ2n) is 15.9. The highest BCUT2D eigenvalue weighted by atomic mass is 16.3. The minimum Gasteiger partial charge on any atom is -0.455 e. The van der Waals surface area contributed by atoms with E-state index in [1.165, 1.54) is 33.2 Å². The Morgan fingerprint density at radius 1 is 0.377 bits per heavy atom. The summed E-state index contributed by atoms with van der Waals surface area (Å²) in [5.74, 6) is 0. The summed E-state index contributed by atoms with van der Waals surface area (Å²) in [6.07, 6.45) is 8.65. The van der Waals surface area contributed by atoms with Crippen LogP contribution in [-0.4, -0.2) is 0 Å². The van der Waals surface area contributed by atoms with Crippen molar-refractivity contribution in [3.63, 3.8) is 0 Å². The number of benzene rings is 9. The van der Waals surface area contributed by atoms with Crippen molar-refractivity contribution in [1.82, 2.24) is 0 Å². The maximum Gasteiger partial charge on any atom is 0.143 e. The standard InChI is InChI=1S/C58H39NO2/c1-4-15-38(16-5-1)39-27-31-43(32-28-39)59(44-33-29-42(30-34-44)45-24-14-25-49-47-22-12-13-26-55(47)60-57(45)49)54-36-52-53-35-50(40-17-6-2-7-18-40)46-21-10-11-23-48(46)58(53)61-56(52)37-51(54)41-19-8-3-9-20-41/h1-8,10-19,21-37H,9,20H2. The number of furan rings is 2. The average Bonchev–Trinajstić information content (AvgIpc) is 3.91. The van der Waals surface area contributed by atoms with Gasteiger partial charge in [-0.25, -0.2) is 0 Å². The van der Waals surface area contributed by atoms with Gasteiger partial charge in [-0.2, -0.15) is 0 Å². The molecular formula is C58H39NO2. The normalized spacial score (nSPS) is 12.8. The first-order chi connectivity index (χ1) is 30.2. The number of nitrogens with zero attached hydrogens (tertiary/aromatic N) is 1. The van der Waals surface area contributed by atoms with Crippen LogP contribution in [0.2, 0.25) is 0 Å². The third-order valence-corrected chi connectivity index (χ3v) is 12.4. The van der Waals surface area contributed by atoms with Crippen LogP contribution in [0.4, 0.5) is 17.1 Å². The number of fused-ring (bicyclic) bond motifs is 8. The van der Waals surface area contributed by atoms with Crippen LogP contribution in [0, 0.1) is 0 Å². The summed E-state index contributed by atoms with van der Waals surface area (Å²) in [5.41, 5.74) is 16.2. The van der Waals surface area contributed by atoms with E-state index in [2.05, 4.69) is 205 Å². The Morgan fingerprint density at radius 3 is 1.70 bits per heavy atom. The number of hydrogen-bond acceptors (Lipinski definition) is 3. The van der Waals surface area contributed by atoms with Crippen molar-refractivity contribution in [2.45, 2.75) is 12.8 Å². The summed E-state index contributed by atoms with van der Waals surface area (Å²) in [6, 6.07) is 69.6. The second kappa shape index (κ2) is 14.4. The zero-order valence-electron chi connectivity index (χ0n) is 33.4. The quantitative estimate of drug-likeness (QED) is 0.161. The fourth-order valence-corrected chi connectivity index (χ4v) is 9.38. The van der Waals surface area contributed by atoms with Gasteiger partial charge in [-0.1, -0.05) is 164 Å². The maximum absolute atomic E-state index is 6.95. The summed E-state index contributed by atoms with van der Waals surface area (Å²) < 4.78 is 13.4. The lowest BCUT2D eigenvalue weighted by molar-refractivity contribution is 0.670. The number of allylic oxidation sites excluding steroid dienone is 4. The molecule has 2 aromatic heterocycles. The second-order valence-corrected chi connectivity index (χ2v) is 15.9. The molecule has 2 heterocycles. The molecule has 0 N–H and O–H groups in total. The van der Waals surface area contributed by atoms with E-state index in [9.17, 15) is 0 Å². The summed E-state index contributed by atoms with van der Waals surface area (Å²) in [5, 5.41) is 6.74. The van der Waals surface area contributed by atoms with Gasteiger partial charge < -0.3 is 13.7 Å². The van der Waals surface area contributed by atoms with Gasteiger partial charge in [-0.05, 0) is 100 Å². The molecule has 11 aromatic rings. The molecule has 3 heteroatoms. The van der Waals surface area contributed by atoms with E-state index in [4.69, 9.17) is 8.83 Å². The summed E-state index contributed by atoms with van der Waals surface area (Å²) in [7, 11) is 0. The monoisotopic (exact) mass is 781 g/mol. The van der Waals surface area contributed by atoms with Crippen molar-refractivity contribution in [3.05, 3.63) is 218 Å². The predicted octanol–water partition coefficient (Wildman–Crippen LogP) is 16.8. The molecule has 61 heavy (non-hydrogen) atoms. The topological polar surface area (TPSA) is 29.5 Å². The molecule has 0 radical (unpaired) electrons. The Labute approximate surface area is 353 Å². The third-order valence-electron chi connectivity index (χ3n) is 12.4. The van der Waals surface area contributed by atoms with Crippen LogP contribution < -0.4 is 4.90 Å². The molecule has 0 saturated carbocycles. The molecule has 3 nitrogen and oxygen atoms in total. The molecule has 0 amide bonds. The smallest absolute Gasteiger partial charge is 0.143 e. The molecular weight excluding hydrogens is 743 g/mol. The Balaban J connectivity index is 1.09. The van der Waals surface area contributed by atoms with Crippen LogP contribution in [0.5, 0.6) is 0 Å². The Morgan fingerprint density at radius 2 is 0.967 bits per heavy atom. The van der Waals surface area contributed by atoms with Crippen molar-refractivity contribution >= 4 is 77.3 Å². The van der Waals surface area contributed by atoms with Crippen LogP contribution in [-0.2, 0) is 0 Å². The van der Waals surface area contributed by atoms with Crippen LogP contribution >= 0.6 is 0 Å². The lowest BCUT2D eigenvalue weighted by atomic mass is 9.92. The molecule has 0 spiro atoms. The van der Waals surface area contributed by atoms with Gasteiger partial charge in [-0.15, -0.1) is 0 Å². The number of anilines is 3. The zero-order chi connectivity index (χ0) is 40.3. The molecule has 0 atom stereocenters. The van der Waals surface area contributed by atoms with Crippen molar-refractivity contribution in [1.29, 1.82) is 0 Å². The SMILES string of the molecule is C1=CCCC(c2cc3oc4c5ccccc5c(-c5ccccc5)cc4c3cc2N(c2ccc(-c3ccccc3)cc2)c2ccc(-c3cccc4c3oc3ccccc34)cc2)=C1. The van der Waals surface area contributed by atoms with Crippen LogP contribution in [0.3, 0.4) is 0 Å². The highest BCUT2D eigenvalue weighted by molar-refractivity contribution is 6.20. The van der Waals surface area contributed by atoms with E-state index >= 15 is 0 Å². The lowest BCUT2D eigenvalue weighted by Crippen LogP contribution is -2.12. The zero-order valence-corrected chi connectivity index (χ0v) is 33.4. The molecule has 288 valence electrons. The summed E-state index contributed by atoms with van der Waals surface area (Å²) in [6.45, 7) is 0. The fourth-order valence-electron chi connectivity index (χ4n) is 9.38. The molecule has 12 rings (SSSR count). The van der Waals surface area contributed by atoms with E-state index in [1.54, 1.807) is 0 Å². The Bertz CT molecular complexity index is 3500. The number of hydrogen-bond donors (Lipinski definition) is 0. The van der Waals surface area contributed by atoms with Gasteiger partial charge in [0.2, 0.25) is 0 Å². The van der Waals surface area contributed by atoms with Gasteiger partial charge in [0, 0.05) is 49.4 Å². The lowest BCUT2D eigenvalue weighted by Gasteiger charge is -2.29. The van der Waals surface area contributed by atoms with Crippen molar-refractivity contribution < 1.29 is 8.83 Å². The first kappa shape index (κ1) is 35.1. The highest BCUT2D eigenvalue weighted by Crippen LogP contribution is 2.47. The van der Waals surface area contributed by atoms with Gasteiger partial charge >= 0.3 is 0 Å². The molecule has 1 aliphatic carbocycles. The minimum atomic E-state index is 0.883. The van der Waals surface area contributed by atoms with E-state index in [1.807, 2.05) is 12.1 Å². The van der Waals surface area contributed by atoms with Crippen molar-refractivity contribution in [3.8, 4) is 33.4 Å². The predicted molar refractivity (Wildman–Crippen MR) is 256 cm³/mol. The largest absolute Gasteiger partial charge is 0.455 e. The number of rotatable bonds is 7. The highest BCUT2D eigenvalue weighted by Gasteiger charge is 2.24. The van der Waals surface area contributed by atoms with Crippen molar-refractivity contribution in [2.24, 2.45) is 0 Å². The van der Waals surface area contributed by atoms with Crippen LogP contribution in [0.15, 0.2) is 221 Å². The van der Waals surface area contributed by atoms with Crippen LogP contribution in [0.25, 0.3) is 93.6 Å². The maximum atomic E-state index is 6.95. The first-order valence-corrected chi connectivity index (χ1v) is 21.0. The van der Waals surface area contributed by atoms with Gasteiger partial charge in [0.05, 0.1) is 5.69 Å². The molecule has 9 aromatic carbocycles. The van der Waals surface area contributed by atoms with E-state index in [0.29, 0.717) is 0 Å². The Hall–Kier alpha value is -7.88. The summed E-state index contributed by atoms with van der Waals surface area (Å²) >= 11 is 0. The van der Waals surface area contributed by atoms with E-state index < -0.39 is 0 Å². The minimum absolute atomic E-state index is 0.883. The summed E-state index contributed by atoms with van der Waals surface area (Å²) in [4.78, 5) is 2.42. The van der Waals surface area contributed by atoms with Gasteiger partial charge in [-0.3, -0.25) is 0 Å². The molecule has 0 aliphatic heterocycles. The van der Waals surface area contributed by atoms with E-state index in [0.717, 1.165) is 95.9 Å². The molecule has 0 bridgehead atoms. The van der Waals surface area contributed by atoms with Gasteiger partial charge in [0.25, 0.3) is 0 Å².